The summed E-state index contributed by atoms with van der Waals surface area (Å²) < 4.78 is 12.2. The van der Waals surface area contributed by atoms with E-state index in [-0.39, 0.29) is 0 Å². The van der Waals surface area contributed by atoms with Crippen LogP contribution in [0.4, 0.5) is 0 Å². The van der Waals surface area contributed by atoms with Crippen molar-refractivity contribution in [1.82, 2.24) is 14.0 Å². The van der Waals surface area contributed by atoms with Crippen LogP contribution < -0.4 is 9.57 Å². The highest BCUT2D eigenvalue weighted by molar-refractivity contribution is 7.58. The zero-order valence-electron chi connectivity index (χ0n) is 16.5. The van der Waals surface area contributed by atoms with Gasteiger partial charge in [0.1, 0.15) is 12.5 Å². The highest BCUT2D eigenvalue weighted by Crippen LogP contribution is 2.55. The van der Waals surface area contributed by atoms with Gasteiger partial charge in [-0.15, -0.1) is 0 Å². The Morgan fingerprint density at radius 2 is 1.42 bits per heavy atom. The average molecular weight is 376 g/mol. The van der Waals surface area contributed by atoms with Gasteiger partial charge in [0, 0.05) is 0 Å². The minimum absolute atomic E-state index is 0.398. The van der Waals surface area contributed by atoms with E-state index < -0.39 is 7.51 Å². The van der Waals surface area contributed by atoms with Crippen molar-refractivity contribution in [2.75, 3.05) is 42.0 Å². The van der Waals surface area contributed by atoms with E-state index in [1.54, 1.807) is 0 Å². The van der Waals surface area contributed by atoms with Gasteiger partial charge in [0.15, 0.2) is 5.75 Å². The van der Waals surface area contributed by atoms with E-state index in [0.717, 1.165) is 17.1 Å². The van der Waals surface area contributed by atoms with Gasteiger partial charge in [-0.3, -0.25) is 0 Å². The predicted molar refractivity (Wildman–Crippen MR) is 108 cm³/mol. The van der Waals surface area contributed by atoms with Gasteiger partial charge in [0.05, 0.1) is 0 Å². The summed E-state index contributed by atoms with van der Waals surface area (Å²) in [5.74, 6) is 1.59. The Kier molecular flexibility index (Phi) is 7.23. The van der Waals surface area contributed by atoms with E-state index in [1.165, 1.54) is 0 Å². The van der Waals surface area contributed by atoms with Crippen molar-refractivity contribution in [3.63, 3.8) is 0 Å². The van der Waals surface area contributed by atoms with Crippen molar-refractivity contribution in [2.45, 2.75) is 6.92 Å². The van der Waals surface area contributed by atoms with Crippen LogP contribution in [0.2, 0.25) is 0 Å². The van der Waals surface area contributed by atoms with Gasteiger partial charge in [-0.2, -0.15) is 0 Å². The summed E-state index contributed by atoms with van der Waals surface area (Å²) in [6, 6.07) is 17.7. The molecule has 0 aromatic heterocycles. The first-order valence-corrected chi connectivity index (χ1v) is 10.1. The minimum Gasteiger partial charge on any atom is -0.478 e. The first-order chi connectivity index (χ1) is 12.4. The lowest BCUT2D eigenvalue weighted by Gasteiger charge is -2.40. The van der Waals surface area contributed by atoms with Gasteiger partial charge in [0.25, 0.3) is 0 Å². The standard InChI is InChI=1S/C19H29N4O2P/c1-17-12-10-11-15-19(17)25-20-26(21(2)3,22(4)5)23(6)16-24-18-13-8-7-9-14-18/h7-15H,16H2,1-6H3. The monoisotopic (exact) mass is 376 g/mol. The summed E-state index contributed by atoms with van der Waals surface area (Å²) in [6.07, 6.45) is 0. The highest BCUT2D eigenvalue weighted by Gasteiger charge is 2.33. The molecule has 2 aromatic rings. The molecule has 7 heteroatoms. The number of hydrogen-bond donors (Lipinski definition) is 0. The van der Waals surface area contributed by atoms with Crippen LogP contribution in [0, 0.1) is 6.92 Å². The van der Waals surface area contributed by atoms with Crippen molar-refractivity contribution >= 4 is 7.51 Å². The van der Waals surface area contributed by atoms with Crippen LogP contribution in [0.25, 0.3) is 0 Å². The number of aryl methyl sites for hydroxylation is 1. The van der Waals surface area contributed by atoms with Gasteiger partial charge in [-0.1, -0.05) is 41.3 Å². The van der Waals surface area contributed by atoms with Crippen LogP contribution in [0.1, 0.15) is 5.56 Å². The van der Waals surface area contributed by atoms with Crippen LogP contribution in [-0.4, -0.2) is 56.0 Å². The molecule has 0 radical (unpaired) electrons. The molecule has 0 saturated carbocycles. The van der Waals surface area contributed by atoms with Gasteiger partial charge < -0.3 is 9.57 Å². The zero-order chi connectivity index (χ0) is 19.2. The Balaban J connectivity index is 2.28. The predicted octanol–water partition coefficient (Wildman–Crippen LogP) is 4.33. The summed E-state index contributed by atoms with van der Waals surface area (Å²) in [7, 11) is 7.77. The lowest BCUT2D eigenvalue weighted by atomic mass is 10.2. The summed E-state index contributed by atoms with van der Waals surface area (Å²) in [5, 5.41) is 0. The van der Waals surface area contributed by atoms with Crippen molar-refractivity contribution in [2.24, 2.45) is 4.91 Å². The van der Waals surface area contributed by atoms with Gasteiger partial charge in [-0.25, -0.2) is 14.0 Å². The number of ether oxygens (including phenoxy) is 1. The summed E-state index contributed by atoms with van der Waals surface area (Å²) >= 11 is 0. The Morgan fingerprint density at radius 3 is 2.00 bits per heavy atom. The van der Waals surface area contributed by atoms with Crippen LogP contribution in [0.15, 0.2) is 59.5 Å². The Morgan fingerprint density at radius 1 is 0.846 bits per heavy atom. The third-order valence-electron chi connectivity index (χ3n) is 4.03. The van der Waals surface area contributed by atoms with E-state index in [0.29, 0.717) is 6.73 Å². The molecule has 0 amide bonds. The quantitative estimate of drug-likeness (QED) is 0.390. The number of para-hydroxylation sites is 2. The molecule has 142 valence electrons. The highest BCUT2D eigenvalue weighted by atomic mass is 31.2. The van der Waals surface area contributed by atoms with Crippen LogP contribution in [-0.2, 0) is 0 Å². The molecule has 2 rings (SSSR count). The fourth-order valence-electron chi connectivity index (χ4n) is 2.70. The molecule has 6 nitrogen and oxygen atoms in total. The van der Waals surface area contributed by atoms with E-state index in [9.17, 15) is 0 Å². The maximum absolute atomic E-state index is 5.93. The van der Waals surface area contributed by atoms with E-state index >= 15 is 0 Å². The second-order valence-corrected chi connectivity index (χ2v) is 9.93. The number of rotatable bonds is 8. The maximum Gasteiger partial charge on any atom is 0.213 e. The zero-order valence-corrected chi connectivity index (χ0v) is 17.4. The van der Waals surface area contributed by atoms with Crippen LogP contribution in [0.3, 0.4) is 0 Å². The topological polar surface area (TPSA) is 40.5 Å². The summed E-state index contributed by atoms with van der Waals surface area (Å²) in [6.45, 7) is 2.41. The lowest BCUT2D eigenvalue weighted by molar-refractivity contribution is 0.207. The van der Waals surface area contributed by atoms with E-state index in [1.807, 2.05) is 96.8 Å². The fraction of sp³-hybridized carbons (Fsp3) is 0.368. The molecule has 2 aromatic carbocycles. The van der Waals surface area contributed by atoms with Gasteiger partial charge in [0.2, 0.25) is 7.51 Å². The van der Waals surface area contributed by atoms with Crippen molar-refractivity contribution < 1.29 is 9.57 Å². The molecule has 0 aliphatic carbocycles. The lowest BCUT2D eigenvalue weighted by Crippen LogP contribution is -2.35. The molecule has 0 atom stereocenters. The van der Waals surface area contributed by atoms with E-state index in [2.05, 4.69) is 14.0 Å². The minimum atomic E-state index is -2.28. The third kappa shape index (κ3) is 4.65. The Bertz CT molecular complexity index is 738. The van der Waals surface area contributed by atoms with Crippen LogP contribution >= 0.6 is 7.51 Å². The smallest absolute Gasteiger partial charge is 0.213 e. The molecular formula is C19H29N4O2P. The fourth-order valence-corrected chi connectivity index (χ4v) is 5.46. The molecule has 0 N–H and O–H groups in total. The normalized spacial score (nSPS) is 11.9. The second kappa shape index (κ2) is 9.19. The maximum atomic E-state index is 5.93. The number of benzene rings is 2. The van der Waals surface area contributed by atoms with Gasteiger partial charge in [-0.05, 0) is 65.9 Å². The van der Waals surface area contributed by atoms with Crippen molar-refractivity contribution in [3.05, 3.63) is 60.2 Å². The molecule has 0 aliphatic heterocycles. The Labute approximate surface area is 157 Å². The molecule has 0 aliphatic rings. The summed E-state index contributed by atoms with van der Waals surface area (Å²) in [4.78, 5) is 10.6. The Hall–Kier alpha value is -1.85. The molecule has 26 heavy (non-hydrogen) atoms. The first kappa shape index (κ1) is 20.5. The number of hydrogen-bond acceptors (Lipinski definition) is 3. The van der Waals surface area contributed by atoms with Crippen molar-refractivity contribution in [3.8, 4) is 11.5 Å². The molecule has 0 unspecified atom stereocenters. The molecule has 0 spiro atoms. The largest absolute Gasteiger partial charge is 0.478 e. The average Bonchev–Trinajstić information content (AvgIpc) is 2.62. The summed E-state index contributed by atoms with van der Waals surface area (Å²) in [5.41, 5.74) is 1.05. The molecule has 0 saturated heterocycles. The number of nitrogens with zero attached hydrogens (tertiary/aromatic N) is 4. The van der Waals surface area contributed by atoms with Gasteiger partial charge >= 0.3 is 0 Å². The molecular weight excluding hydrogens is 347 g/mol. The van der Waals surface area contributed by atoms with Crippen molar-refractivity contribution in [1.29, 1.82) is 0 Å². The molecule has 0 fully saturated rings. The second-order valence-electron chi connectivity index (χ2n) is 6.41. The third-order valence-corrected chi connectivity index (χ3v) is 7.51. The van der Waals surface area contributed by atoms with E-state index in [4.69, 9.17) is 14.5 Å². The van der Waals surface area contributed by atoms with Crippen LogP contribution in [0.5, 0.6) is 11.5 Å². The molecule has 0 heterocycles. The first-order valence-electron chi connectivity index (χ1n) is 8.47. The molecule has 0 bridgehead atoms. The SMILES string of the molecule is Cc1ccccc1ON=P(N(C)C)(N(C)C)N(C)COc1ccccc1.